The molecule has 1 aromatic rings. The molecular weight excluding hydrogens is 225 g/mol. The molecule has 0 N–H and O–H groups in total. The quantitative estimate of drug-likeness (QED) is 0.730. The van der Waals surface area contributed by atoms with Crippen molar-refractivity contribution in [2.24, 2.45) is 0 Å². The van der Waals surface area contributed by atoms with E-state index in [-0.39, 0.29) is 5.82 Å². The molecule has 4 nitrogen and oxygen atoms in total. The van der Waals surface area contributed by atoms with Crippen molar-refractivity contribution in [2.75, 3.05) is 13.2 Å². The Labute approximate surface area is 90.0 Å². The molecule has 0 aliphatic heterocycles. The second-order valence-electron chi connectivity index (χ2n) is 3.07. The van der Waals surface area contributed by atoms with Gasteiger partial charge in [0.1, 0.15) is 13.2 Å². The molecule has 1 rings (SSSR count). The molecule has 0 atom stereocenters. The van der Waals surface area contributed by atoms with Crippen LogP contribution in [0.1, 0.15) is 17.5 Å². The first-order valence-corrected chi connectivity index (χ1v) is 4.63. The highest BCUT2D eigenvalue weighted by Crippen LogP contribution is 2.14. The van der Waals surface area contributed by atoms with Crippen LogP contribution in [0.3, 0.4) is 0 Å². The van der Waals surface area contributed by atoms with Gasteiger partial charge in [-0.05, 0) is 6.92 Å². The number of hydrogen-bond acceptors (Lipinski definition) is 3. The van der Waals surface area contributed by atoms with Crippen molar-refractivity contribution in [3.63, 3.8) is 0 Å². The second kappa shape index (κ2) is 5.11. The zero-order chi connectivity index (χ0) is 12.2. The van der Waals surface area contributed by atoms with Crippen LogP contribution in [0.25, 0.3) is 0 Å². The van der Waals surface area contributed by atoms with Crippen LogP contribution in [0.2, 0.25) is 0 Å². The van der Waals surface area contributed by atoms with Crippen LogP contribution in [-0.2, 0) is 11.3 Å². The lowest BCUT2D eigenvalue weighted by Gasteiger charge is -2.07. The van der Waals surface area contributed by atoms with Gasteiger partial charge in [0.05, 0.1) is 0 Å². The zero-order valence-corrected chi connectivity index (χ0v) is 8.62. The first-order chi connectivity index (χ1) is 7.44. The predicted octanol–water partition coefficient (Wildman–Crippen LogP) is 1.66. The first kappa shape index (κ1) is 12.7. The number of imidazole rings is 1. The summed E-state index contributed by atoms with van der Waals surface area (Å²) in [5.41, 5.74) is 0. The maximum atomic E-state index is 11.7. The number of rotatable bonds is 5. The Balaban J connectivity index is 2.47. The number of nitrogens with zero attached hydrogens (tertiary/aromatic N) is 2. The second-order valence-corrected chi connectivity index (χ2v) is 3.07. The Morgan fingerprint density at radius 3 is 2.81 bits per heavy atom. The number of alkyl halides is 3. The minimum Gasteiger partial charge on any atom is -0.364 e. The highest BCUT2D eigenvalue weighted by atomic mass is 19.4. The molecule has 0 fully saturated rings. The van der Waals surface area contributed by atoms with E-state index in [4.69, 9.17) is 0 Å². The van der Waals surface area contributed by atoms with Crippen molar-refractivity contribution in [3.05, 3.63) is 18.2 Å². The van der Waals surface area contributed by atoms with Gasteiger partial charge in [-0.2, -0.15) is 13.2 Å². The van der Waals surface area contributed by atoms with Crippen molar-refractivity contribution < 1.29 is 22.7 Å². The molecule has 0 amide bonds. The third-order valence-corrected chi connectivity index (χ3v) is 1.80. The van der Waals surface area contributed by atoms with E-state index in [1.54, 1.807) is 17.7 Å². The zero-order valence-electron chi connectivity index (χ0n) is 8.62. The number of aromatic nitrogens is 2. The number of carbonyl (C=O) groups is 1. The van der Waals surface area contributed by atoms with Crippen LogP contribution < -0.4 is 0 Å². The largest absolute Gasteiger partial charge is 0.411 e. The highest BCUT2D eigenvalue weighted by Gasteiger charge is 2.28. The number of halogens is 3. The monoisotopic (exact) mass is 236 g/mol. The summed E-state index contributed by atoms with van der Waals surface area (Å²) in [5.74, 6) is -0.444. The smallest absolute Gasteiger partial charge is 0.364 e. The number of aryl methyl sites for hydroxylation is 1. The van der Waals surface area contributed by atoms with Gasteiger partial charge in [0, 0.05) is 18.9 Å². The number of ether oxygens (including phenoxy) is 1. The van der Waals surface area contributed by atoms with Crippen molar-refractivity contribution in [1.82, 2.24) is 9.55 Å². The van der Waals surface area contributed by atoms with Gasteiger partial charge < -0.3 is 9.30 Å². The molecule has 0 aromatic carbocycles. The maximum absolute atomic E-state index is 11.7. The summed E-state index contributed by atoms with van der Waals surface area (Å²) >= 11 is 0. The van der Waals surface area contributed by atoms with E-state index in [9.17, 15) is 18.0 Å². The van der Waals surface area contributed by atoms with E-state index < -0.39 is 25.2 Å². The summed E-state index contributed by atoms with van der Waals surface area (Å²) in [7, 11) is 0. The average Bonchev–Trinajstić information content (AvgIpc) is 2.63. The predicted molar refractivity (Wildman–Crippen MR) is 49.1 cm³/mol. The molecule has 7 heteroatoms. The molecule has 90 valence electrons. The number of hydrogen-bond donors (Lipinski definition) is 0. The summed E-state index contributed by atoms with van der Waals surface area (Å²) in [4.78, 5) is 15.1. The molecule has 0 radical (unpaired) electrons. The molecule has 0 aliphatic rings. The van der Waals surface area contributed by atoms with Gasteiger partial charge >= 0.3 is 6.18 Å². The molecule has 0 saturated carbocycles. The average molecular weight is 236 g/mol. The summed E-state index contributed by atoms with van der Waals surface area (Å²) < 4.78 is 41.0. The van der Waals surface area contributed by atoms with Gasteiger partial charge in [0.25, 0.3) is 0 Å². The van der Waals surface area contributed by atoms with Crippen molar-refractivity contribution in [2.45, 2.75) is 19.6 Å². The van der Waals surface area contributed by atoms with E-state index in [0.717, 1.165) is 0 Å². The molecule has 0 aliphatic carbocycles. The van der Waals surface area contributed by atoms with Crippen molar-refractivity contribution in [3.8, 4) is 0 Å². The fraction of sp³-hybridized carbons (Fsp3) is 0.556. The van der Waals surface area contributed by atoms with Crippen LogP contribution >= 0.6 is 0 Å². The van der Waals surface area contributed by atoms with Crippen LogP contribution in [-0.4, -0.2) is 34.7 Å². The number of Topliss-reactive ketones (excluding diaryl/α,β-unsaturated/α-hetero) is 1. The fourth-order valence-electron chi connectivity index (χ4n) is 1.14. The molecule has 16 heavy (non-hydrogen) atoms. The standard InChI is InChI=1S/C9H11F3N2O2/c1-2-14-4-3-13-8(14)7(15)5-16-6-9(10,11)12/h3-4H,2,5-6H2,1H3. The summed E-state index contributed by atoms with van der Waals surface area (Å²) in [6, 6.07) is 0. The minimum absolute atomic E-state index is 0.115. The molecule has 0 unspecified atom stereocenters. The van der Waals surface area contributed by atoms with E-state index in [1.165, 1.54) is 6.20 Å². The Morgan fingerprint density at radius 2 is 2.25 bits per heavy atom. The lowest BCUT2D eigenvalue weighted by molar-refractivity contribution is -0.170. The Hall–Kier alpha value is -1.37. The lowest BCUT2D eigenvalue weighted by atomic mass is 10.4. The van der Waals surface area contributed by atoms with Crippen LogP contribution in [0.15, 0.2) is 12.4 Å². The van der Waals surface area contributed by atoms with E-state index >= 15 is 0 Å². The third-order valence-electron chi connectivity index (χ3n) is 1.80. The molecule has 0 saturated heterocycles. The molecule has 0 spiro atoms. The van der Waals surface area contributed by atoms with Gasteiger partial charge in [0.2, 0.25) is 5.78 Å². The van der Waals surface area contributed by atoms with E-state index in [0.29, 0.717) is 6.54 Å². The number of ketones is 1. The van der Waals surface area contributed by atoms with Gasteiger partial charge in [-0.1, -0.05) is 0 Å². The normalized spacial score (nSPS) is 11.8. The van der Waals surface area contributed by atoms with Crippen molar-refractivity contribution >= 4 is 5.78 Å². The minimum atomic E-state index is -4.42. The van der Waals surface area contributed by atoms with Crippen LogP contribution in [0.5, 0.6) is 0 Å². The lowest BCUT2D eigenvalue weighted by Crippen LogP contribution is -2.22. The van der Waals surface area contributed by atoms with Gasteiger partial charge in [-0.25, -0.2) is 4.98 Å². The summed E-state index contributed by atoms with van der Waals surface area (Å²) in [6.07, 6.45) is -1.42. The summed E-state index contributed by atoms with van der Waals surface area (Å²) in [5, 5.41) is 0. The Bertz CT molecular complexity index is 360. The Morgan fingerprint density at radius 1 is 1.56 bits per heavy atom. The molecule has 1 heterocycles. The van der Waals surface area contributed by atoms with Crippen LogP contribution in [0, 0.1) is 0 Å². The van der Waals surface area contributed by atoms with Gasteiger partial charge in [-0.15, -0.1) is 0 Å². The van der Waals surface area contributed by atoms with E-state index in [1.807, 2.05) is 0 Å². The first-order valence-electron chi connectivity index (χ1n) is 4.63. The topological polar surface area (TPSA) is 44.1 Å². The molecule has 1 aromatic heterocycles. The molecular formula is C9H11F3N2O2. The summed E-state index contributed by atoms with van der Waals surface area (Å²) in [6.45, 7) is 0.289. The fourth-order valence-corrected chi connectivity index (χ4v) is 1.14. The van der Waals surface area contributed by atoms with Crippen LogP contribution in [0.4, 0.5) is 13.2 Å². The van der Waals surface area contributed by atoms with Gasteiger partial charge in [-0.3, -0.25) is 4.79 Å². The van der Waals surface area contributed by atoms with Gasteiger partial charge in [0.15, 0.2) is 5.82 Å². The van der Waals surface area contributed by atoms with Crippen molar-refractivity contribution in [1.29, 1.82) is 0 Å². The third kappa shape index (κ3) is 3.65. The van der Waals surface area contributed by atoms with E-state index in [2.05, 4.69) is 9.72 Å². The Kier molecular flexibility index (Phi) is 4.05. The highest BCUT2D eigenvalue weighted by molar-refractivity contribution is 5.93. The molecule has 0 bridgehead atoms. The SMILES string of the molecule is CCn1ccnc1C(=O)COCC(F)(F)F. The number of carbonyl (C=O) groups excluding carboxylic acids is 1. The maximum Gasteiger partial charge on any atom is 0.411 e.